The standard InChI is InChI=1S/C22H25N3O5S/c1-13-20-16-12-15(25(26)27)6-8-17(16)30-22(13,2)24(21(31)23-20)10-9-14-5-7-18(28-3)19(11-14)29-4/h5-8,11-13,20H,9-10H2,1-4H3,(H,23,31). The van der Waals surface area contributed by atoms with Crippen molar-refractivity contribution in [2.75, 3.05) is 20.8 Å². The number of nitrogens with zero attached hydrogens (tertiary/aromatic N) is 2. The number of non-ortho nitro benzene ring substituents is 1. The summed E-state index contributed by atoms with van der Waals surface area (Å²) in [6.45, 7) is 4.73. The monoisotopic (exact) mass is 443 g/mol. The van der Waals surface area contributed by atoms with Gasteiger partial charge in [-0.25, -0.2) is 0 Å². The second-order valence-electron chi connectivity index (χ2n) is 7.94. The average molecular weight is 444 g/mol. The third-order valence-electron chi connectivity index (χ3n) is 6.33. The molecule has 2 aliphatic rings. The predicted molar refractivity (Wildman–Crippen MR) is 120 cm³/mol. The number of rotatable bonds is 6. The molecule has 1 N–H and O–H groups in total. The topological polar surface area (TPSA) is 86.1 Å². The van der Waals surface area contributed by atoms with E-state index in [4.69, 9.17) is 26.4 Å². The van der Waals surface area contributed by atoms with Crippen LogP contribution in [0.5, 0.6) is 17.2 Å². The van der Waals surface area contributed by atoms with Crippen molar-refractivity contribution in [3.05, 3.63) is 57.6 Å². The molecule has 0 radical (unpaired) electrons. The summed E-state index contributed by atoms with van der Waals surface area (Å²) in [4.78, 5) is 12.9. The van der Waals surface area contributed by atoms with E-state index >= 15 is 0 Å². The third-order valence-corrected chi connectivity index (χ3v) is 6.67. The van der Waals surface area contributed by atoms with Gasteiger partial charge in [0.05, 0.1) is 25.2 Å². The Morgan fingerprint density at radius 1 is 1.23 bits per heavy atom. The van der Waals surface area contributed by atoms with E-state index in [0.29, 0.717) is 28.9 Å². The zero-order valence-electron chi connectivity index (χ0n) is 17.9. The molecule has 2 aliphatic heterocycles. The van der Waals surface area contributed by atoms with Gasteiger partial charge in [-0.05, 0) is 49.3 Å². The number of fused-ring (bicyclic) bond motifs is 4. The molecule has 1 fully saturated rings. The predicted octanol–water partition coefficient (Wildman–Crippen LogP) is 3.83. The molecule has 1 saturated heterocycles. The van der Waals surface area contributed by atoms with Crippen molar-refractivity contribution in [2.24, 2.45) is 5.92 Å². The Labute approximate surface area is 186 Å². The molecule has 31 heavy (non-hydrogen) atoms. The minimum atomic E-state index is -0.674. The molecule has 3 atom stereocenters. The van der Waals surface area contributed by atoms with E-state index in [-0.39, 0.29) is 17.6 Å². The zero-order valence-corrected chi connectivity index (χ0v) is 18.7. The minimum absolute atomic E-state index is 0.0131. The molecular weight excluding hydrogens is 418 g/mol. The van der Waals surface area contributed by atoms with E-state index in [0.717, 1.165) is 17.5 Å². The third kappa shape index (κ3) is 3.52. The summed E-state index contributed by atoms with van der Waals surface area (Å²) in [5, 5.41) is 15.2. The molecule has 0 spiro atoms. The number of nitro groups is 1. The van der Waals surface area contributed by atoms with Gasteiger partial charge in [0.1, 0.15) is 5.75 Å². The summed E-state index contributed by atoms with van der Waals surface area (Å²) in [6.07, 6.45) is 0.728. The lowest BCUT2D eigenvalue weighted by molar-refractivity contribution is -0.385. The average Bonchev–Trinajstić information content (AvgIpc) is 2.75. The van der Waals surface area contributed by atoms with Crippen LogP contribution in [0.25, 0.3) is 0 Å². The van der Waals surface area contributed by atoms with Crippen molar-refractivity contribution in [3.63, 3.8) is 0 Å². The lowest BCUT2D eigenvalue weighted by atomic mass is 9.80. The van der Waals surface area contributed by atoms with Gasteiger partial charge in [0, 0.05) is 30.2 Å². The van der Waals surface area contributed by atoms with Crippen molar-refractivity contribution in [2.45, 2.75) is 32.0 Å². The number of hydrogen-bond donors (Lipinski definition) is 1. The Balaban J connectivity index is 1.60. The van der Waals surface area contributed by atoms with E-state index in [2.05, 4.69) is 17.1 Å². The van der Waals surface area contributed by atoms with Gasteiger partial charge in [-0.15, -0.1) is 0 Å². The highest BCUT2D eigenvalue weighted by Gasteiger charge is 2.53. The Morgan fingerprint density at radius 3 is 2.65 bits per heavy atom. The molecule has 2 aromatic rings. The summed E-state index contributed by atoms with van der Waals surface area (Å²) in [6, 6.07) is 10.4. The van der Waals surface area contributed by atoms with Gasteiger partial charge in [0.2, 0.25) is 0 Å². The van der Waals surface area contributed by atoms with Gasteiger partial charge in [0.25, 0.3) is 5.69 Å². The van der Waals surface area contributed by atoms with E-state index in [9.17, 15) is 10.1 Å². The van der Waals surface area contributed by atoms with Crippen LogP contribution in [0.2, 0.25) is 0 Å². The van der Waals surface area contributed by atoms with E-state index in [1.165, 1.54) is 6.07 Å². The molecule has 0 amide bonds. The molecule has 0 aliphatic carbocycles. The van der Waals surface area contributed by atoms with Crippen LogP contribution in [0.4, 0.5) is 5.69 Å². The Morgan fingerprint density at radius 2 is 1.97 bits per heavy atom. The molecule has 8 nitrogen and oxygen atoms in total. The first-order chi connectivity index (χ1) is 14.8. The number of benzene rings is 2. The number of ether oxygens (including phenoxy) is 3. The van der Waals surface area contributed by atoms with Gasteiger partial charge in [-0.3, -0.25) is 10.1 Å². The highest BCUT2D eigenvalue weighted by atomic mass is 32.1. The molecule has 0 aromatic heterocycles. The molecule has 2 heterocycles. The highest BCUT2D eigenvalue weighted by Crippen LogP contribution is 2.48. The SMILES string of the molecule is COc1ccc(CCN2C(=S)NC3c4cc([N+](=O)[O-])ccc4OC2(C)C3C)cc1OC. The number of methoxy groups -OCH3 is 2. The first-order valence-corrected chi connectivity index (χ1v) is 10.5. The van der Waals surface area contributed by atoms with Gasteiger partial charge < -0.3 is 24.4 Å². The summed E-state index contributed by atoms with van der Waals surface area (Å²) < 4.78 is 17.1. The van der Waals surface area contributed by atoms with Crippen molar-refractivity contribution >= 4 is 23.0 Å². The van der Waals surface area contributed by atoms with Crippen LogP contribution >= 0.6 is 12.2 Å². The molecule has 164 valence electrons. The lowest BCUT2D eigenvalue weighted by Gasteiger charge is -2.56. The smallest absolute Gasteiger partial charge is 0.270 e. The van der Waals surface area contributed by atoms with Crippen LogP contribution in [0.3, 0.4) is 0 Å². The van der Waals surface area contributed by atoms with Crippen LogP contribution < -0.4 is 19.5 Å². The zero-order chi connectivity index (χ0) is 22.3. The van der Waals surface area contributed by atoms with E-state index in [1.807, 2.05) is 25.1 Å². The normalized spacial score (nSPS) is 24.0. The lowest BCUT2D eigenvalue weighted by Crippen LogP contribution is -2.69. The van der Waals surface area contributed by atoms with Gasteiger partial charge >= 0.3 is 0 Å². The van der Waals surface area contributed by atoms with E-state index in [1.54, 1.807) is 26.4 Å². The maximum absolute atomic E-state index is 11.2. The van der Waals surface area contributed by atoms with Crippen LogP contribution in [-0.4, -0.2) is 41.4 Å². The fourth-order valence-corrected chi connectivity index (χ4v) is 4.80. The van der Waals surface area contributed by atoms with Crippen LogP contribution in [0, 0.1) is 16.0 Å². The number of nitrogens with one attached hydrogen (secondary N) is 1. The van der Waals surface area contributed by atoms with Crippen molar-refractivity contribution in [1.82, 2.24) is 10.2 Å². The van der Waals surface area contributed by atoms with Crippen LogP contribution in [0.1, 0.15) is 31.0 Å². The maximum atomic E-state index is 11.2. The summed E-state index contributed by atoms with van der Waals surface area (Å²) in [5.41, 5.74) is 1.22. The molecule has 9 heteroatoms. The Hall–Kier alpha value is -3.07. The molecule has 4 rings (SSSR count). The van der Waals surface area contributed by atoms with Gasteiger partial charge in [0.15, 0.2) is 22.3 Å². The minimum Gasteiger partial charge on any atom is -0.493 e. The Kier molecular flexibility index (Phi) is 5.38. The highest BCUT2D eigenvalue weighted by molar-refractivity contribution is 7.80. The largest absolute Gasteiger partial charge is 0.493 e. The Bertz CT molecular complexity index is 1050. The number of hydrogen-bond acceptors (Lipinski definition) is 6. The van der Waals surface area contributed by atoms with Crippen molar-refractivity contribution < 1.29 is 19.1 Å². The maximum Gasteiger partial charge on any atom is 0.270 e. The second-order valence-corrected chi connectivity index (χ2v) is 8.33. The first kappa shape index (κ1) is 21.2. The van der Waals surface area contributed by atoms with Gasteiger partial charge in [-0.2, -0.15) is 0 Å². The quantitative estimate of drug-likeness (QED) is 0.410. The first-order valence-electron chi connectivity index (χ1n) is 10.0. The van der Waals surface area contributed by atoms with Crippen LogP contribution in [-0.2, 0) is 6.42 Å². The molecular formula is C22H25N3O5S. The van der Waals surface area contributed by atoms with Crippen LogP contribution in [0.15, 0.2) is 36.4 Å². The number of thiocarbonyl (C=S) groups is 1. The second kappa shape index (κ2) is 7.88. The molecule has 3 unspecified atom stereocenters. The van der Waals surface area contributed by atoms with E-state index < -0.39 is 10.6 Å². The molecule has 0 saturated carbocycles. The van der Waals surface area contributed by atoms with Gasteiger partial charge in [-0.1, -0.05) is 13.0 Å². The fourth-order valence-electron chi connectivity index (χ4n) is 4.40. The van der Waals surface area contributed by atoms with Crippen molar-refractivity contribution in [1.29, 1.82) is 0 Å². The molecule has 2 bridgehead atoms. The summed E-state index contributed by atoms with van der Waals surface area (Å²) in [5.74, 6) is 2.02. The molecule has 2 aromatic carbocycles. The summed E-state index contributed by atoms with van der Waals surface area (Å²) >= 11 is 5.68. The van der Waals surface area contributed by atoms with Crippen molar-refractivity contribution in [3.8, 4) is 17.2 Å². The fraction of sp³-hybridized carbons (Fsp3) is 0.409. The summed E-state index contributed by atoms with van der Waals surface area (Å²) in [7, 11) is 3.23. The number of nitro benzene ring substituents is 1.